The summed E-state index contributed by atoms with van der Waals surface area (Å²) in [6.45, 7) is 10.9. The van der Waals surface area contributed by atoms with Crippen molar-refractivity contribution in [3.05, 3.63) is 66.6 Å². The number of carbonyl (C=O) groups excluding carboxylic acids is 1. The molecule has 10 heteroatoms. The molecular weight excluding hydrogens is 474 g/mol. The molecule has 194 valence electrons. The van der Waals surface area contributed by atoms with Crippen LogP contribution in [-0.4, -0.2) is 52.9 Å². The number of ether oxygens (including phenoxy) is 1. The summed E-state index contributed by atoms with van der Waals surface area (Å²) in [6, 6.07) is 15.2. The van der Waals surface area contributed by atoms with Gasteiger partial charge in [-0.15, -0.1) is 0 Å². The van der Waals surface area contributed by atoms with Gasteiger partial charge in [-0.05, 0) is 59.2 Å². The van der Waals surface area contributed by atoms with Gasteiger partial charge < -0.3 is 18.8 Å². The molecule has 0 spiro atoms. The van der Waals surface area contributed by atoms with Gasteiger partial charge >= 0.3 is 12.2 Å². The van der Waals surface area contributed by atoms with E-state index >= 15 is 0 Å². The molecule has 37 heavy (non-hydrogen) atoms. The van der Waals surface area contributed by atoms with Crippen molar-refractivity contribution < 1.29 is 23.8 Å². The lowest BCUT2D eigenvalue weighted by molar-refractivity contribution is -0.0918. The molecule has 0 saturated heterocycles. The van der Waals surface area contributed by atoms with Gasteiger partial charge in [0, 0.05) is 12.6 Å². The first-order chi connectivity index (χ1) is 17.4. The van der Waals surface area contributed by atoms with Crippen molar-refractivity contribution in [2.24, 2.45) is 0 Å². The zero-order chi connectivity index (χ0) is 27.0. The third kappa shape index (κ3) is 5.42. The van der Waals surface area contributed by atoms with Crippen LogP contribution in [0.3, 0.4) is 0 Å². The minimum absolute atomic E-state index is 0.0433. The monoisotopic (exact) mass is 505 g/mol. The number of pyridine rings is 1. The Morgan fingerprint density at radius 3 is 2.24 bits per heavy atom. The molecule has 4 aromatic rings. The Labute approximate surface area is 215 Å². The van der Waals surface area contributed by atoms with Crippen LogP contribution in [0.15, 0.2) is 65.4 Å². The van der Waals surface area contributed by atoms with Crippen molar-refractivity contribution in [2.75, 3.05) is 0 Å². The second kappa shape index (κ2) is 9.61. The van der Waals surface area contributed by atoms with Gasteiger partial charge in [-0.25, -0.2) is 29.6 Å². The number of hydrazine groups is 1. The van der Waals surface area contributed by atoms with Crippen LogP contribution in [0.25, 0.3) is 22.6 Å². The molecule has 0 aliphatic carbocycles. The molecule has 2 amide bonds. The van der Waals surface area contributed by atoms with Gasteiger partial charge in [0.05, 0.1) is 28.3 Å². The van der Waals surface area contributed by atoms with Gasteiger partial charge in [0.2, 0.25) is 11.8 Å². The summed E-state index contributed by atoms with van der Waals surface area (Å²) in [5.41, 5.74) is 1.40. The fourth-order valence-electron chi connectivity index (χ4n) is 4.10. The number of hydrogen-bond donors (Lipinski definition) is 1. The smallest absolute Gasteiger partial charge is 0.436 e. The van der Waals surface area contributed by atoms with Gasteiger partial charge in [0.1, 0.15) is 12.0 Å². The highest BCUT2D eigenvalue weighted by Crippen LogP contribution is 2.30. The average Bonchev–Trinajstić information content (AvgIpc) is 3.44. The van der Waals surface area contributed by atoms with Crippen LogP contribution in [0.5, 0.6) is 5.88 Å². The lowest BCUT2D eigenvalue weighted by atomic mass is 10.1. The molecule has 0 aliphatic heterocycles. The number of hydrogen-bond acceptors (Lipinski definition) is 6. The Hall–Kier alpha value is -4.34. The fraction of sp³-hybridized carbons (Fsp3) is 0.333. The van der Waals surface area contributed by atoms with E-state index in [9.17, 15) is 14.7 Å². The second-order valence-corrected chi connectivity index (χ2v) is 10.6. The molecule has 10 nitrogen and oxygen atoms in total. The minimum Gasteiger partial charge on any atom is -0.464 e. The van der Waals surface area contributed by atoms with Crippen LogP contribution in [0.1, 0.15) is 47.1 Å². The van der Waals surface area contributed by atoms with Crippen LogP contribution in [0, 0.1) is 0 Å². The van der Waals surface area contributed by atoms with Crippen molar-refractivity contribution in [1.82, 2.24) is 24.6 Å². The Morgan fingerprint density at radius 2 is 1.68 bits per heavy atom. The predicted molar refractivity (Wildman–Crippen MR) is 138 cm³/mol. The van der Waals surface area contributed by atoms with Crippen molar-refractivity contribution in [3.8, 4) is 17.5 Å². The Bertz CT molecular complexity index is 1400. The van der Waals surface area contributed by atoms with Crippen LogP contribution < -0.4 is 4.74 Å². The lowest BCUT2D eigenvalue weighted by Crippen LogP contribution is -2.64. The maximum absolute atomic E-state index is 13.3. The second-order valence-electron chi connectivity index (χ2n) is 10.6. The van der Waals surface area contributed by atoms with Crippen molar-refractivity contribution >= 4 is 23.2 Å². The summed E-state index contributed by atoms with van der Waals surface area (Å²) in [7, 11) is 0. The molecule has 0 radical (unpaired) electrons. The molecule has 0 unspecified atom stereocenters. The standard InChI is InChI=1S/C27H31N5O5/c1-26(2,3)31(24(33)34)32(27(4,5)6)25(35)37-22-13-12-20-19(29-22)16-21(23-28-14-15-36-23)30(20)17-18-10-8-7-9-11-18/h7-16H,17H2,1-6H3,(H,33,34). The largest absolute Gasteiger partial charge is 0.464 e. The van der Waals surface area contributed by atoms with E-state index < -0.39 is 23.3 Å². The molecule has 4 rings (SSSR count). The number of benzene rings is 1. The van der Waals surface area contributed by atoms with E-state index in [4.69, 9.17) is 9.15 Å². The van der Waals surface area contributed by atoms with Gasteiger partial charge in [-0.3, -0.25) is 0 Å². The molecule has 0 bridgehead atoms. The Kier molecular flexibility index (Phi) is 6.68. The van der Waals surface area contributed by atoms with E-state index in [1.54, 1.807) is 59.9 Å². The van der Waals surface area contributed by atoms with Crippen molar-refractivity contribution in [1.29, 1.82) is 0 Å². The SMILES string of the molecule is CC(C)(C)N(C(=O)O)N(C(=O)Oc1ccc2c(cc(-c3ncco3)n2Cc2ccccc2)n1)C(C)(C)C. The van der Waals surface area contributed by atoms with Gasteiger partial charge in [-0.1, -0.05) is 30.3 Å². The van der Waals surface area contributed by atoms with Gasteiger partial charge in [0.15, 0.2) is 0 Å². The number of aromatic nitrogens is 3. The quantitative estimate of drug-likeness (QED) is 0.337. The molecule has 0 aliphatic rings. The predicted octanol–water partition coefficient (Wildman–Crippen LogP) is 6.03. The third-order valence-electron chi connectivity index (χ3n) is 5.58. The summed E-state index contributed by atoms with van der Waals surface area (Å²) in [5, 5.41) is 12.0. The van der Waals surface area contributed by atoms with Crippen LogP contribution in [-0.2, 0) is 6.54 Å². The highest BCUT2D eigenvalue weighted by Gasteiger charge is 2.42. The van der Waals surface area contributed by atoms with E-state index in [0.29, 0.717) is 18.0 Å². The summed E-state index contributed by atoms with van der Waals surface area (Å²) in [5.74, 6) is 0.482. The molecule has 3 aromatic heterocycles. The summed E-state index contributed by atoms with van der Waals surface area (Å²) >= 11 is 0. The fourth-order valence-corrected chi connectivity index (χ4v) is 4.10. The number of carbonyl (C=O) groups is 2. The number of rotatable bonds is 4. The summed E-state index contributed by atoms with van der Waals surface area (Å²) < 4.78 is 13.2. The first-order valence-corrected chi connectivity index (χ1v) is 11.9. The third-order valence-corrected chi connectivity index (χ3v) is 5.58. The molecule has 3 heterocycles. The van der Waals surface area contributed by atoms with E-state index in [0.717, 1.165) is 26.8 Å². The van der Waals surface area contributed by atoms with Crippen molar-refractivity contribution in [2.45, 2.75) is 59.2 Å². The molecule has 1 aromatic carbocycles. The maximum Gasteiger partial charge on any atom is 0.436 e. The zero-order valence-electron chi connectivity index (χ0n) is 21.8. The zero-order valence-corrected chi connectivity index (χ0v) is 21.8. The van der Waals surface area contributed by atoms with Crippen LogP contribution in [0.4, 0.5) is 9.59 Å². The Morgan fingerprint density at radius 1 is 1.00 bits per heavy atom. The summed E-state index contributed by atoms with van der Waals surface area (Å²) in [4.78, 5) is 34.3. The normalized spacial score (nSPS) is 11.9. The van der Waals surface area contributed by atoms with E-state index in [2.05, 4.69) is 9.97 Å². The highest BCUT2D eigenvalue weighted by atomic mass is 16.6. The number of fused-ring (bicyclic) bond motifs is 1. The summed E-state index contributed by atoms with van der Waals surface area (Å²) in [6.07, 6.45) is 0.959. The van der Waals surface area contributed by atoms with E-state index in [1.165, 1.54) is 6.26 Å². The Balaban J connectivity index is 1.72. The van der Waals surface area contributed by atoms with Crippen LogP contribution >= 0.6 is 0 Å². The van der Waals surface area contributed by atoms with E-state index in [1.807, 2.05) is 41.0 Å². The van der Waals surface area contributed by atoms with Crippen molar-refractivity contribution in [3.63, 3.8) is 0 Å². The average molecular weight is 506 g/mol. The number of amides is 2. The highest BCUT2D eigenvalue weighted by molar-refractivity contribution is 5.83. The molecular formula is C27H31N5O5. The first kappa shape index (κ1) is 25.7. The van der Waals surface area contributed by atoms with Gasteiger partial charge in [-0.2, -0.15) is 0 Å². The van der Waals surface area contributed by atoms with Gasteiger partial charge in [0.25, 0.3) is 0 Å². The number of carboxylic acid groups (broad SMARTS) is 1. The first-order valence-electron chi connectivity index (χ1n) is 11.9. The molecule has 0 fully saturated rings. The topological polar surface area (TPSA) is 114 Å². The van der Waals surface area contributed by atoms with Crippen LogP contribution in [0.2, 0.25) is 0 Å². The lowest BCUT2D eigenvalue weighted by Gasteiger charge is -2.46. The minimum atomic E-state index is -1.27. The molecule has 0 saturated carbocycles. The molecule has 1 N–H and O–H groups in total. The van der Waals surface area contributed by atoms with E-state index in [-0.39, 0.29) is 5.88 Å². The number of nitrogens with zero attached hydrogens (tertiary/aromatic N) is 5. The molecule has 0 atom stereocenters. The number of oxazole rings is 1. The maximum atomic E-state index is 13.3.